The van der Waals surface area contributed by atoms with Gasteiger partial charge in [-0.25, -0.2) is 0 Å². The molecule has 33 heavy (non-hydrogen) atoms. The maximum atomic E-state index is 13.4. The van der Waals surface area contributed by atoms with E-state index in [1.54, 1.807) is 4.90 Å². The molecule has 0 spiro atoms. The molecule has 1 aliphatic heterocycles. The molecule has 5 fully saturated rings. The number of esters is 1. The molecule has 6 rings (SSSR count). The van der Waals surface area contributed by atoms with Gasteiger partial charge in [-0.1, -0.05) is 30.3 Å². The molecule has 1 aromatic rings. The summed E-state index contributed by atoms with van der Waals surface area (Å²) in [5.74, 6) is 1.23. The first-order valence-electron chi connectivity index (χ1n) is 12.0. The van der Waals surface area contributed by atoms with Gasteiger partial charge in [0.25, 0.3) is 0 Å². The first kappa shape index (κ1) is 22.3. The predicted octanol–water partition coefficient (Wildman–Crippen LogP) is 2.54. The van der Waals surface area contributed by atoms with Gasteiger partial charge in [0.2, 0.25) is 11.8 Å². The molecular weight excluding hydrogens is 438 g/mol. The van der Waals surface area contributed by atoms with Crippen molar-refractivity contribution in [3.63, 3.8) is 0 Å². The second kappa shape index (κ2) is 9.05. The molecule has 1 heterocycles. The highest BCUT2D eigenvalue weighted by Crippen LogP contribution is 2.60. The number of benzene rings is 1. The Morgan fingerprint density at radius 3 is 2.36 bits per heavy atom. The van der Waals surface area contributed by atoms with E-state index in [4.69, 9.17) is 17.0 Å². The number of nitrogens with one attached hydrogen (secondary N) is 2. The van der Waals surface area contributed by atoms with E-state index < -0.39 is 12.0 Å². The zero-order valence-corrected chi connectivity index (χ0v) is 19.6. The molecule has 8 heteroatoms. The van der Waals surface area contributed by atoms with Crippen LogP contribution in [0, 0.1) is 23.2 Å². The van der Waals surface area contributed by atoms with Crippen LogP contribution in [0.2, 0.25) is 0 Å². The topological polar surface area (TPSA) is 87.7 Å². The second-order valence-corrected chi connectivity index (χ2v) is 10.7. The van der Waals surface area contributed by atoms with E-state index in [0.29, 0.717) is 30.8 Å². The van der Waals surface area contributed by atoms with E-state index in [1.807, 2.05) is 30.3 Å². The Bertz CT molecular complexity index is 915. The predicted molar refractivity (Wildman–Crippen MR) is 126 cm³/mol. The fourth-order valence-electron chi connectivity index (χ4n) is 6.81. The lowest BCUT2D eigenvalue weighted by Crippen LogP contribution is -2.62. The van der Waals surface area contributed by atoms with Crippen LogP contribution in [-0.4, -0.2) is 46.9 Å². The molecule has 1 saturated heterocycles. The molecule has 0 aromatic heterocycles. The fraction of sp³-hybridized carbons (Fsp3) is 0.600. The van der Waals surface area contributed by atoms with Crippen LogP contribution in [-0.2, 0) is 25.7 Å². The maximum absolute atomic E-state index is 13.4. The van der Waals surface area contributed by atoms with Gasteiger partial charge in [0.1, 0.15) is 12.6 Å². The van der Waals surface area contributed by atoms with Gasteiger partial charge >= 0.3 is 5.97 Å². The number of nitrogens with zero attached hydrogens (tertiary/aromatic N) is 1. The number of carbonyl (C=O) groups is 3. The zero-order valence-electron chi connectivity index (χ0n) is 18.8. The standard InChI is InChI=1S/C25H31N3O4S/c29-21(32-15-16-4-2-1-3-5-16)11-20-22(30)26-6-7-28(20)24(33)27-23(31)25-12-17-8-18(13-25)10-19(9-17)14-25/h1-5,17-20H,6-15H2,(H,26,30)(H,27,31,33). The number of piperazine rings is 1. The van der Waals surface area contributed by atoms with Crippen LogP contribution in [0.3, 0.4) is 0 Å². The summed E-state index contributed by atoms with van der Waals surface area (Å²) in [5, 5.41) is 6.01. The van der Waals surface area contributed by atoms with Crippen molar-refractivity contribution in [3.05, 3.63) is 35.9 Å². The molecule has 2 amide bonds. The van der Waals surface area contributed by atoms with Crippen LogP contribution in [0.1, 0.15) is 50.5 Å². The number of ether oxygens (including phenoxy) is 1. The maximum Gasteiger partial charge on any atom is 0.308 e. The minimum atomic E-state index is -0.786. The first-order chi connectivity index (χ1) is 15.9. The molecule has 1 unspecified atom stereocenters. The summed E-state index contributed by atoms with van der Waals surface area (Å²) < 4.78 is 5.38. The fourth-order valence-corrected chi connectivity index (χ4v) is 7.12. The van der Waals surface area contributed by atoms with Crippen molar-refractivity contribution < 1.29 is 19.1 Å². The average Bonchev–Trinajstić information content (AvgIpc) is 2.79. The van der Waals surface area contributed by atoms with Gasteiger partial charge in [0.05, 0.1) is 11.8 Å². The van der Waals surface area contributed by atoms with Crippen LogP contribution in [0.15, 0.2) is 30.3 Å². The van der Waals surface area contributed by atoms with Gasteiger partial charge in [-0.3, -0.25) is 14.4 Å². The quantitative estimate of drug-likeness (QED) is 0.509. The van der Waals surface area contributed by atoms with Gasteiger partial charge < -0.3 is 20.3 Å². The minimum absolute atomic E-state index is 0.00276. The number of carbonyl (C=O) groups excluding carboxylic acids is 3. The number of rotatable bonds is 5. The average molecular weight is 470 g/mol. The van der Waals surface area contributed by atoms with Gasteiger partial charge in [-0.05, 0) is 74.1 Å². The van der Waals surface area contributed by atoms with Crippen molar-refractivity contribution in [1.82, 2.24) is 15.5 Å². The Morgan fingerprint density at radius 2 is 1.73 bits per heavy atom. The van der Waals surface area contributed by atoms with Crippen LogP contribution < -0.4 is 10.6 Å². The Hall–Kier alpha value is -2.48. The highest BCUT2D eigenvalue weighted by Gasteiger charge is 2.55. The van der Waals surface area contributed by atoms with Crippen molar-refractivity contribution in [2.45, 2.75) is 57.6 Å². The summed E-state index contributed by atoms with van der Waals surface area (Å²) >= 11 is 5.59. The Kier molecular flexibility index (Phi) is 6.12. The molecule has 2 N–H and O–H groups in total. The summed E-state index contributed by atoms with van der Waals surface area (Å²) in [5.41, 5.74) is 0.565. The van der Waals surface area contributed by atoms with Gasteiger partial charge in [-0.15, -0.1) is 0 Å². The Morgan fingerprint density at radius 1 is 1.09 bits per heavy atom. The number of hydrogen-bond donors (Lipinski definition) is 2. The number of thiocarbonyl (C=S) groups is 1. The summed E-state index contributed by atoms with van der Waals surface area (Å²) in [6.07, 6.45) is 6.50. The molecule has 7 nitrogen and oxygen atoms in total. The van der Waals surface area contributed by atoms with Crippen molar-refractivity contribution in [2.75, 3.05) is 13.1 Å². The van der Waals surface area contributed by atoms with Crippen molar-refractivity contribution in [2.24, 2.45) is 23.2 Å². The molecular formula is C25H31N3O4S. The van der Waals surface area contributed by atoms with E-state index >= 15 is 0 Å². The van der Waals surface area contributed by atoms with Gasteiger partial charge in [-0.2, -0.15) is 0 Å². The van der Waals surface area contributed by atoms with Gasteiger partial charge in [0, 0.05) is 13.1 Å². The molecule has 4 aliphatic carbocycles. The van der Waals surface area contributed by atoms with E-state index in [2.05, 4.69) is 10.6 Å². The molecule has 1 atom stereocenters. The normalized spacial score (nSPS) is 32.2. The number of amides is 2. The molecule has 0 radical (unpaired) electrons. The van der Waals surface area contributed by atoms with E-state index in [0.717, 1.165) is 24.8 Å². The summed E-state index contributed by atoms with van der Waals surface area (Å²) in [6, 6.07) is 8.62. The first-order valence-corrected chi connectivity index (χ1v) is 12.4. The molecule has 4 bridgehead atoms. The largest absolute Gasteiger partial charge is 0.461 e. The third-order valence-electron chi connectivity index (χ3n) is 7.93. The lowest BCUT2D eigenvalue weighted by Gasteiger charge is -2.55. The summed E-state index contributed by atoms with van der Waals surface area (Å²) in [6.45, 7) is 1.02. The lowest BCUT2D eigenvalue weighted by molar-refractivity contribution is -0.148. The van der Waals surface area contributed by atoms with Crippen molar-refractivity contribution in [1.29, 1.82) is 0 Å². The zero-order chi connectivity index (χ0) is 23.0. The van der Waals surface area contributed by atoms with Crippen molar-refractivity contribution >= 4 is 35.1 Å². The van der Waals surface area contributed by atoms with E-state index in [-0.39, 0.29) is 35.4 Å². The summed E-state index contributed by atoms with van der Waals surface area (Å²) in [7, 11) is 0. The van der Waals surface area contributed by atoms with Crippen molar-refractivity contribution in [3.8, 4) is 0 Å². The molecule has 1 aromatic carbocycles. The van der Waals surface area contributed by atoms with Crippen LogP contribution in [0.25, 0.3) is 0 Å². The highest BCUT2D eigenvalue weighted by molar-refractivity contribution is 7.80. The third-order valence-corrected chi connectivity index (χ3v) is 8.27. The monoisotopic (exact) mass is 469 g/mol. The minimum Gasteiger partial charge on any atom is -0.461 e. The van der Waals surface area contributed by atoms with E-state index in [1.165, 1.54) is 19.3 Å². The smallest absolute Gasteiger partial charge is 0.308 e. The third kappa shape index (κ3) is 4.63. The molecule has 5 aliphatic rings. The molecule has 176 valence electrons. The Balaban J connectivity index is 1.21. The SMILES string of the molecule is O=C(CC1C(=O)NCCN1C(=S)NC(=O)C12CC3CC(CC(C3)C1)C2)OCc1ccccc1. The summed E-state index contributed by atoms with van der Waals surface area (Å²) in [4.78, 5) is 40.2. The Labute approximate surface area is 199 Å². The highest BCUT2D eigenvalue weighted by atomic mass is 32.1. The lowest BCUT2D eigenvalue weighted by atomic mass is 9.49. The van der Waals surface area contributed by atoms with Crippen LogP contribution >= 0.6 is 12.2 Å². The molecule has 4 saturated carbocycles. The van der Waals surface area contributed by atoms with Gasteiger partial charge in [0.15, 0.2) is 5.11 Å². The van der Waals surface area contributed by atoms with Crippen LogP contribution in [0.5, 0.6) is 0 Å². The van der Waals surface area contributed by atoms with Crippen LogP contribution in [0.4, 0.5) is 0 Å². The number of hydrogen-bond acceptors (Lipinski definition) is 5. The second-order valence-electron chi connectivity index (χ2n) is 10.3. The van der Waals surface area contributed by atoms with E-state index in [9.17, 15) is 14.4 Å².